The number of carbonyl (C=O) groups excluding carboxylic acids is 2. The van der Waals surface area contributed by atoms with Crippen LogP contribution in [0, 0.1) is 5.92 Å². The fourth-order valence-electron chi connectivity index (χ4n) is 4.61. The van der Waals surface area contributed by atoms with E-state index in [1.165, 1.54) is 11.1 Å². The minimum Gasteiger partial charge on any atom is -0.481 e. The molecule has 2 aliphatic carbocycles. The summed E-state index contributed by atoms with van der Waals surface area (Å²) in [5.41, 5.74) is 4.63. The number of amides is 2. The Labute approximate surface area is 199 Å². The first-order chi connectivity index (χ1) is 16.5. The summed E-state index contributed by atoms with van der Waals surface area (Å²) in [5, 5.41) is 14.3. The molecule has 2 aromatic rings. The number of unbranched alkanes of at least 4 members (excludes halogenated alkanes) is 2. The number of rotatable bonds is 12. The zero-order chi connectivity index (χ0) is 23.9. The van der Waals surface area contributed by atoms with E-state index in [4.69, 9.17) is 9.84 Å². The maximum absolute atomic E-state index is 12.7. The molecule has 34 heavy (non-hydrogen) atoms. The van der Waals surface area contributed by atoms with Crippen molar-refractivity contribution < 1.29 is 24.2 Å². The predicted molar refractivity (Wildman–Crippen MR) is 128 cm³/mol. The lowest BCUT2D eigenvalue weighted by Crippen LogP contribution is -2.47. The van der Waals surface area contributed by atoms with Gasteiger partial charge in [0.15, 0.2) is 0 Å². The summed E-state index contributed by atoms with van der Waals surface area (Å²) in [6.07, 6.45) is 4.35. The summed E-state index contributed by atoms with van der Waals surface area (Å²) in [7, 11) is 0. The van der Waals surface area contributed by atoms with Crippen LogP contribution >= 0.6 is 0 Å². The van der Waals surface area contributed by atoms with Crippen molar-refractivity contribution in [1.82, 2.24) is 10.6 Å². The van der Waals surface area contributed by atoms with E-state index in [0.717, 1.165) is 30.4 Å². The van der Waals surface area contributed by atoms with Crippen LogP contribution in [0.25, 0.3) is 11.1 Å². The van der Waals surface area contributed by atoms with Crippen molar-refractivity contribution in [3.8, 4) is 11.1 Å². The molecular weight excluding hydrogens is 432 g/mol. The largest absolute Gasteiger partial charge is 0.481 e. The summed E-state index contributed by atoms with van der Waals surface area (Å²) in [6.45, 7) is 0.674. The molecule has 3 N–H and O–H groups in total. The highest BCUT2D eigenvalue weighted by Gasteiger charge is 2.32. The number of carboxylic acids is 1. The van der Waals surface area contributed by atoms with Crippen molar-refractivity contribution in [2.45, 2.75) is 56.9 Å². The number of benzene rings is 2. The Balaban J connectivity index is 1.29. The van der Waals surface area contributed by atoms with Gasteiger partial charge in [-0.3, -0.25) is 9.59 Å². The molecule has 4 rings (SSSR count). The Morgan fingerprint density at radius 3 is 2.21 bits per heavy atom. The molecule has 1 atom stereocenters. The molecule has 0 saturated heterocycles. The van der Waals surface area contributed by atoms with Crippen LogP contribution in [0.2, 0.25) is 0 Å². The van der Waals surface area contributed by atoms with Gasteiger partial charge in [0.25, 0.3) is 0 Å². The lowest BCUT2D eigenvalue weighted by atomic mass is 9.98. The van der Waals surface area contributed by atoms with Gasteiger partial charge in [-0.1, -0.05) is 67.8 Å². The number of fused-ring (bicyclic) bond motifs is 3. The van der Waals surface area contributed by atoms with Gasteiger partial charge in [-0.15, -0.1) is 0 Å². The highest BCUT2D eigenvalue weighted by Crippen LogP contribution is 2.44. The van der Waals surface area contributed by atoms with Gasteiger partial charge in [0.05, 0.1) is 0 Å². The number of alkyl carbamates (subject to hydrolysis) is 1. The zero-order valence-corrected chi connectivity index (χ0v) is 19.3. The third-order valence-corrected chi connectivity index (χ3v) is 6.58. The molecule has 0 heterocycles. The van der Waals surface area contributed by atoms with Crippen molar-refractivity contribution in [3.63, 3.8) is 0 Å². The molecule has 7 heteroatoms. The molecule has 1 saturated carbocycles. The van der Waals surface area contributed by atoms with E-state index in [9.17, 15) is 14.4 Å². The number of ether oxygens (including phenoxy) is 1. The van der Waals surface area contributed by atoms with Gasteiger partial charge in [0.2, 0.25) is 5.91 Å². The van der Waals surface area contributed by atoms with Gasteiger partial charge in [0.1, 0.15) is 12.6 Å². The van der Waals surface area contributed by atoms with Crippen molar-refractivity contribution in [2.24, 2.45) is 5.92 Å². The highest BCUT2D eigenvalue weighted by molar-refractivity contribution is 5.85. The third-order valence-electron chi connectivity index (χ3n) is 6.58. The van der Waals surface area contributed by atoms with Gasteiger partial charge in [-0.05, 0) is 47.4 Å². The Morgan fingerprint density at radius 1 is 0.941 bits per heavy atom. The van der Waals surface area contributed by atoms with Crippen LogP contribution in [0.4, 0.5) is 4.79 Å². The quantitative estimate of drug-likeness (QED) is 0.403. The maximum atomic E-state index is 12.7. The summed E-state index contributed by atoms with van der Waals surface area (Å²) in [4.78, 5) is 35.9. The predicted octanol–water partition coefficient (Wildman–Crippen LogP) is 4.46. The van der Waals surface area contributed by atoms with Crippen molar-refractivity contribution in [2.75, 3.05) is 13.2 Å². The normalized spacial score (nSPS) is 15.2. The molecule has 0 bridgehead atoms. The number of carbonyl (C=O) groups is 3. The number of carboxylic acid groups (broad SMARTS) is 1. The minimum absolute atomic E-state index is 0.0281. The lowest BCUT2D eigenvalue weighted by molar-refractivity contribution is -0.137. The Hall–Kier alpha value is -3.35. The molecule has 0 radical (unpaired) electrons. The van der Waals surface area contributed by atoms with Crippen LogP contribution in [-0.2, 0) is 14.3 Å². The van der Waals surface area contributed by atoms with Crippen LogP contribution in [0.5, 0.6) is 0 Å². The van der Waals surface area contributed by atoms with E-state index in [2.05, 4.69) is 34.9 Å². The molecular formula is C27H32N2O5. The molecule has 0 aliphatic heterocycles. The van der Waals surface area contributed by atoms with Gasteiger partial charge >= 0.3 is 12.1 Å². The summed E-state index contributed by atoms with van der Waals surface area (Å²) in [5.74, 6) is -0.584. The maximum Gasteiger partial charge on any atom is 0.407 e. The van der Waals surface area contributed by atoms with E-state index < -0.39 is 18.1 Å². The average molecular weight is 465 g/mol. The summed E-state index contributed by atoms with van der Waals surface area (Å²) >= 11 is 0. The van der Waals surface area contributed by atoms with Gasteiger partial charge < -0.3 is 20.5 Å². The topological polar surface area (TPSA) is 105 Å². The molecule has 2 amide bonds. The number of hydrogen-bond donors (Lipinski definition) is 3. The van der Waals surface area contributed by atoms with Crippen LogP contribution in [0.15, 0.2) is 48.5 Å². The van der Waals surface area contributed by atoms with Crippen LogP contribution in [-0.4, -0.2) is 42.3 Å². The molecule has 7 nitrogen and oxygen atoms in total. The molecule has 0 aromatic heterocycles. The summed E-state index contributed by atoms with van der Waals surface area (Å²) < 4.78 is 5.62. The van der Waals surface area contributed by atoms with E-state index >= 15 is 0 Å². The Morgan fingerprint density at radius 2 is 1.59 bits per heavy atom. The van der Waals surface area contributed by atoms with E-state index in [1.807, 2.05) is 24.3 Å². The van der Waals surface area contributed by atoms with Crippen LogP contribution in [0.1, 0.15) is 62.0 Å². The summed E-state index contributed by atoms with van der Waals surface area (Å²) in [6, 6.07) is 15.7. The zero-order valence-electron chi connectivity index (χ0n) is 19.3. The van der Waals surface area contributed by atoms with Gasteiger partial charge in [-0.2, -0.15) is 0 Å². The third kappa shape index (κ3) is 6.16. The molecule has 2 aliphatic rings. The number of hydrogen-bond acceptors (Lipinski definition) is 4. The van der Waals surface area contributed by atoms with Crippen molar-refractivity contribution in [3.05, 3.63) is 59.7 Å². The van der Waals surface area contributed by atoms with E-state index in [-0.39, 0.29) is 24.9 Å². The van der Waals surface area contributed by atoms with E-state index in [0.29, 0.717) is 31.7 Å². The Kier molecular flexibility index (Phi) is 7.83. The van der Waals surface area contributed by atoms with Crippen LogP contribution < -0.4 is 10.6 Å². The van der Waals surface area contributed by atoms with E-state index in [1.54, 1.807) is 0 Å². The first kappa shape index (κ1) is 23.8. The number of aliphatic carboxylic acids is 1. The average Bonchev–Trinajstić information content (AvgIpc) is 3.59. The molecule has 2 aromatic carbocycles. The molecule has 1 fully saturated rings. The SMILES string of the molecule is O=C(O)CCCCCNC(=O)C(CC1CC1)NC(=O)OCC1c2ccccc2-c2ccccc21. The second kappa shape index (κ2) is 11.2. The molecule has 180 valence electrons. The Bertz CT molecular complexity index is 988. The lowest BCUT2D eigenvalue weighted by Gasteiger charge is -2.20. The second-order valence-corrected chi connectivity index (χ2v) is 9.20. The molecule has 1 unspecified atom stereocenters. The smallest absolute Gasteiger partial charge is 0.407 e. The van der Waals surface area contributed by atoms with Crippen molar-refractivity contribution >= 4 is 18.0 Å². The van der Waals surface area contributed by atoms with Crippen LogP contribution in [0.3, 0.4) is 0 Å². The first-order valence-corrected chi connectivity index (χ1v) is 12.1. The minimum atomic E-state index is -0.805. The fourth-order valence-corrected chi connectivity index (χ4v) is 4.61. The molecule has 0 spiro atoms. The monoisotopic (exact) mass is 464 g/mol. The van der Waals surface area contributed by atoms with Gasteiger partial charge in [0, 0.05) is 18.9 Å². The van der Waals surface area contributed by atoms with Crippen molar-refractivity contribution in [1.29, 1.82) is 0 Å². The first-order valence-electron chi connectivity index (χ1n) is 12.1. The van der Waals surface area contributed by atoms with Gasteiger partial charge in [-0.25, -0.2) is 4.79 Å². The standard InChI is InChI=1S/C27H32N2O5/c30-25(31)12-2-1-7-15-28-26(32)24(16-18-13-14-18)29-27(33)34-17-23-21-10-5-3-8-19(21)20-9-4-6-11-22(20)23/h3-6,8-11,18,23-24H,1-2,7,12-17H2,(H,28,32)(H,29,33)(H,30,31). The fraction of sp³-hybridized carbons (Fsp3) is 0.444. The highest BCUT2D eigenvalue weighted by atomic mass is 16.5. The number of nitrogens with one attached hydrogen (secondary N) is 2. The second-order valence-electron chi connectivity index (χ2n) is 9.20.